The maximum Gasteiger partial charge on any atom is 0.252 e. The molecule has 12 rings (SSSR count). The molecule has 5 heterocycles. The number of anilines is 6. The lowest BCUT2D eigenvalue weighted by Crippen LogP contribution is -2.62. The third-order valence-corrected chi connectivity index (χ3v) is 15.9. The Balaban J connectivity index is 1.27. The second-order valence-corrected chi connectivity index (χ2v) is 24.3. The zero-order valence-electron chi connectivity index (χ0n) is 39.8. The summed E-state index contributed by atoms with van der Waals surface area (Å²) in [6.07, 6.45) is 0. The molecule has 0 saturated carbocycles. The SMILES string of the molecule is Cc1cc2c3c(c1)N1c4c(cc(C(C)(C)C)cc4-n4c5ccc(C(C)(C)C)cc5c5cc(C(C)(C)C)cc1c54)B3c1cc(C(C)(C)C)ccc1N2c1cccc2c1sc1ccccc12. The fourth-order valence-electron chi connectivity index (χ4n) is 11.2. The third-order valence-electron chi connectivity index (χ3n) is 14.7. The summed E-state index contributed by atoms with van der Waals surface area (Å²) in [5.74, 6) is 0. The van der Waals surface area contributed by atoms with Crippen LogP contribution in [-0.4, -0.2) is 11.3 Å². The molecule has 3 aliphatic rings. The summed E-state index contributed by atoms with van der Waals surface area (Å²) in [5.41, 5.74) is 22.2. The molecule has 0 aliphatic carbocycles. The minimum Gasteiger partial charge on any atom is -0.310 e. The van der Waals surface area contributed by atoms with Gasteiger partial charge < -0.3 is 14.4 Å². The van der Waals surface area contributed by atoms with E-state index >= 15 is 0 Å². The van der Waals surface area contributed by atoms with Gasteiger partial charge >= 0.3 is 0 Å². The molecule has 5 heteroatoms. The molecule has 0 N–H and O–H groups in total. The quantitative estimate of drug-likeness (QED) is 0.152. The first-order valence-electron chi connectivity index (χ1n) is 23.3. The average Bonchev–Trinajstić information content (AvgIpc) is 3.77. The zero-order chi connectivity index (χ0) is 44.7. The van der Waals surface area contributed by atoms with Crippen LogP contribution in [0.5, 0.6) is 0 Å². The molecule has 3 nitrogen and oxygen atoms in total. The van der Waals surface area contributed by atoms with E-state index in [-0.39, 0.29) is 28.4 Å². The van der Waals surface area contributed by atoms with Gasteiger partial charge in [0.05, 0.1) is 38.5 Å². The van der Waals surface area contributed by atoms with Gasteiger partial charge in [-0.15, -0.1) is 11.3 Å². The summed E-state index contributed by atoms with van der Waals surface area (Å²) in [5, 5.41) is 5.31. The highest BCUT2D eigenvalue weighted by Crippen LogP contribution is 2.55. The third kappa shape index (κ3) is 5.46. The molecule has 0 bridgehead atoms. The van der Waals surface area contributed by atoms with Crippen molar-refractivity contribution >= 4 is 111 Å². The smallest absolute Gasteiger partial charge is 0.252 e. The van der Waals surface area contributed by atoms with E-state index in [0.29, 0.717) is 0 Å². The highest BCUT2D eigenvalue weighted by Gasteiger charge is 2.47. The van der Waals surface area contributed by atoms with E-state index < -0.39 is 0 Å². The number of rotatable bonds is 1. The summed E-state index contributed by atoms with van der Waals surface area (Å²) in [6.45, 7) is 30.7. The van der Waals surface area contributed by atoms with Gasteiger partial charge in [-0.2, -0.15) is 0 Å². The molecule has 3 aliphatic heterocycles. The van der Waals surface area contributed by atoms with Crippen molar-refractivity contribution in [3.05, 3.63) is 143 Å². The molecular weight excluding hydrogens is 794 g/mol. The zero-order valence-corrected chi connectivity index (χ0v) is 40.6. The van der Waals surface area contributed by atoms with E-state index in [1.807, 2.05) is 11.3 Å². The lowest BCUT2D eigenvalue weighted by Gasteiger charge is -2.47. The largest absolute Gasteiger partial charge is 0.310 e. The first kappa shape index (κ1) is 39.8. The van der Waals surface area contributed by atoms with Gasteiger partial charge in [0.2, 0.25) is 0 Å². The molecule has 7 aromatic carbocycles. The van der Waals surface area contributed by atoms with E-state index in [2.05, 4.69) is 220 Å². The van der Waals surface area contributed by atoms with Crippen LogP contribution in [0.2, 0.25) is 0 Å². The number of benzene rings is 7. The Morgan fingerprint density at radius 1 is 0.438 bits per heavy atom. The Bertz CT molecular complexity index is 3520. The summed E-state index contributed by atoms with van der Waals surface area (Å²) in [6, 6.07) is 45.7. The fraction of sp³-hybridized carbons (Fsp3) is 0.288. The standard InChI is InChI=1S/C59H58BN3S/c1-33-25-47-52-48(26-33)63-49-31-36(58(8,9)10)28-41-40-27-34(56(2,3)4)21-23-44(40)62(53(41)49)50-32-37(59(11,12)13)30-43(54(50)63)60(52)42-29-35(57(5,6)7)22-24-45(42)61(47)46-19-16-18-39-38-17-14-15-20-51(38)64-55(39)46/h14-32H,1-13H3. The molecule has 318 valence electrons. The predicted molar refractivity (Wildman–Crippen MR) is 281 cm³/mol. The van der Waals surface area contributed by atoms with Crippen molar-refractivity contribution < 1.29 is 0 Å². The maximum atomic E-state index is 2.71. The number of aromatic nitrogens is 1. The van der Waals surface area contributed by atoms with Crippen molar-refractivity contribution in [1.29, 1.82) is 0 Å². The van der Waals surface area contributed by atoms with Crippen molar-refractivity contribution in [2.24, 2.45) is 0 Å². The minimum absolute atomic E-state index is 0.0187. The first-order chi connectivity index (χ1) is 30.2. The van der Waals surface area contributed by atoms with Gasteiger partial charge in [0.1, 0.15) is 0 Å². The van der Waals surface area contributed by atoms with E-state index in [9.17, 15) is 0 Å². The lowest BCUT2D eigenvalue weighted by atomic mass is 9.33. The Labute approximate surface area is 383 Å². The second-order valence-electron chi connectivity index (χ2n) is 23.2. The first-order valence-corrected chi connectivity index (χ1v) is 24.1. The fourth-order valence-corrected chi connectivity index (χ4v) is 12.4. The average molecular weight is 852 g/mol. The highest BCUT2D eigenvalue weighted by molar-refractivity contribution is 7.26. The summed E-state index contributed by atoms with van der Waals surface area (Å²) < 4.78 is 5.30. The van der Waals surface area contributed by atoms with Crippen LogP contribution in [0.3, 0.4) is 0 Å². The van der Waals surface area contributed by atoms with Crippen molar-refractivity contribution in [2.45, 2.75) is 112 Å². The summed E-state index contributed by atoms with van der Waals surface area (Å²) in [7, 11) is 0. The monoisotopic (exact) mass is 851 g/mol. The van der Waals surface area contributed by atoms with Gasteiger partial charge in [-0.05, 0) is 133 Å². The molecule has 0 saturated heterocycles. The van der Waals surface area contributed by atoms with Crippen LogP contribution in [0.15, 0.2) is 115 Å². The molecule has 0 fully saturated rings. The van der Waals surface area contributed by atoms with Crippen molar-refractivity contribution in [3.8, 4) is 5.69 Å². The summed E-state index contributed by atoms with van der Waals surface area (Å²) >= 11 is 1.92. The minimum atomic E-state index is -0.0851. The number of hydrogen-bond donors (Lipinski definition) is 0. The number of fused-ring (bicyclic) bond motifs is 12. The highest BCUT2D eigenvalue weighted by atomic mass is 32.1. The van der Waals surface area contributed by atoms with Crippen molar-refractivity contribution in [2.75, 3.05) is 9.80 Å². The predicted octanol–water partition coefficient (Wildman–Crippen LogP) is 15.0. The van der Waals surface area contributed by atoms with E-state index in [1.165, 1.54) is 126 Å². The van der Waals surface area contributed by atoms with Gasteiger partial charge in [0, 0.05) is 43.3 Å². The second kappa shape index (κ2) is 12.7. The van der Waals surface area contributed by atoms with Crippen LogP contribution in [0.4, 0.5) is 34.1 Å². The van der Waals surface area contributed by atoms with Gasteiger partial charge in [-0.3, -0.25) is 0 Å². The Kier molecular flexibility index (Phi) is 7.91. The Morgan fingerprint density at radius 3 is 1.75 bits per heavy atom. The van der Waals surface area contributed by atoms with Crippen LogP contribution in [-0.2, 0) is 21.7 Å². The van der Waals surface area contributed by atoms with Crippen LogP contribution >= 0.6 is 11.3 Å². The topological polar surface area (TPSA) is 11.4 Å². The van der Waals surface area contributed by atoms with Gasteiger partial charge in [0.25, 0.3) is 6.71 Å². The van der Waals surface area contributed by atoms with Gasteiger partial charge in [-0.25, -0.2) is 0 Å². The van der Waals surface area contributed by atoms with Crippen molar-refractivity contribution in [1.82, 2.24) is 4.57 Å². The molecule has 0 radical (unpaired) electrons. The van der Waals surface area contributed by atoms with Crippen LogP contribution in [0, 0.1) is 6.92 Å². The van der Waals surface area contributed by atoms with Crippen LogP contribution in [0.25, 0.3) is 47.7 Å². The molecule has 9 aromatic rings. The number of thiophene rings is 1. The molecule has 0 amide bonds. The molecule has 0 atom stereocenters. The van der Waals surface area contributed by atoms with E-state index in [1.54, 1.807) is 0 Å². The number of nitrogens with zero attached hydrogens (tertiary/aromatic N) is 3. The molecule has 64 heavy (non-hydrogen) atoms. The normalized spacial score (nSPS) is 14.5. The maximum absolute atomic E-state index is 2.71. The van der Waals surface area contributed by atoms with E-state index in [0.717, 1.165) is 0 Å². The molecule has 2 aromatic heterocycles. The number of aryl methyl sites for hydroxylation is 1. The van der Waals surface area contributed by atoms with Crippen LogP contribution < -0.4 is 26.2 Å². The van der Waals surface area contributed by atoms with E-state index in [4.69, 9.17) is 0 Å². The van der Waals surface area contributed by atoms with Gasteiger partial charge in [-0.1, -0.05) is 138 Å². The van der Waals surface area contributed by atoms with Crippen LogP contribution in [0.1, 0.15) is 111 Å². The molecule has 0 unspecified atom stereocenters. The number of hydrogen-bond acceptors (Lipinski definition) is 3. The molecule has 0 spiro atoms. The Hall–Kier alpha value is -5.78. The van der Waals surface area contributed by atoms with Gasteiger partial charge in [0.15, 0.2) is 0 Å². The molecular formula is C59H58BN3S. The lowest BCUT2D eigenvalue weighted by molar-refractivity contribution is 0.590. The Morgan fingerprint density at radius 2 is 1.03 bits per heavy atom. The van der Waals surface area contributed by atoms with Crippen molar-refractivity contribution in [3.63, 3.8) is 0 Å². The summed E-state index contributed by atoms with van der Waals surface area (Å²) in [4.78, 5) is 5.34.